The number of hydrogen-bond donors (Lipinski definition) is 0. The van der Waals surface area contributed by atoms with E-state index in [0.29, 0.717) is 0 Å². The Labute approximate surface area is 49.4 Å². The van der Waals surface area contributed by atoms with Crippen molar-refractivity contribution in [3.05, 3.63) is 0 Å². The Morgan fingerprint density at radius 1 is 1.43 bits per heavy atom. The molecule has 0 fully saturated rings. The Morgan fingerprint density at radius 3 is 2.14 bits per heavy atom. The third-order valence-corrected chi connectivity index (χ3v) is 1.27. The van der Waals surface area contributed by atoms with Crippen LogP contribution in [0, 0.1) is 10.8 Å². The fraction of sp³-hybridized carbons (Fsp3) is 1.00. The molecule has 0 aromatic heterocycles. The van der Waals surface area contributed by atoms with Crippen molar-refractivity contribution >= 4 is 0 Å². The summed E-state index contributed by atoms with van der Waals surface area (Å²) in [4.78, 5) is 2.18. The zero-order valence-electron chi connectivity index (χ0n) is 5.24. The van der Waals surface area contributed by atoms with Crippen LogP contribution in [-0.4, -0.2) is 37.8 Å². The lowest BCUT2D eigenvalue weighted by Gasteiger charge is -2.01. The summed E-state index contributed by atoms with van der Waals surface area (Å²) in [7, 11) is 6.45. The molecule has 0 bridgehead atoms. The number of alkyl halides is 2. The molecule has 7 heavy (non-hydrogen) atoms. The first kappa shape index (κ1) is 7.25. The molecule has 0 aromatic carbocycles. The molecular formula is C5H13ClN+. The normalized spacial score (nSPS) is 10.3. The number of hydrogen-bond acceptors (Lipinski definition) is 1. The summed E-state index contributed by atoms with van der Waals surface area (Å²) in [5.74, 6) is 1.19. The molecule has 0 aliphatic carbocycles. The Bertz CT molecular complexity index is 37.1. The first-order valence-electron chi connectivity index (χ1n) is 2.36. The fourth-order valence-corrected chi connectivity index (χ4v) is 0.761. The monoisotopic (exact) mass is 122 g/mol. The molecule has 0 N–H and O–H groups in total. The van der Waals surface area contributed by atoms with E-state index in [1.54, 1.807) is 0 Å². The zero-order valence-corrected chi connectivity index (χ0v) is 6.00. The van der Waals surface area contributed by atoms with Crippen LogP contribution in [0.15, 0.2) is 0 Å². The van der Waals surface area contributed by atoms with Gasteiger partial charge in [-0.05, 0) is 14.1 Å². The van der Waals surface area contributed by atoms with Crippen LogP contribution in [-0.2, 0) is 0 Å². The molecule has 0 radical (unpaired) electrons. The molecule has 0 unspecified atom stereocenters. The predicted molar refractivity (Wildman–Crippen MR) is 29.3 cm³/mol. The minimum atomic E-state index is 1.17. The molecule has 0 aliphatic heterocycles. The summed E-state index contributed by atoms with van der Waals surface area (Å²) < 4.78 is 0. The average molecular weight is 123 g/mol. The molecule has 0 spiro atoms. The van der Waals surface area contributed by atoms with E-state index in [1.807, 2.05) is 0 Å². The van der Waals surface area contributed by atoms with Gasteiger partial charge in [0.15, 0.2) is 12.3 Å². The lowest BCUT2D eigenvalue weighted by atomic mass is 10.7. The van der Waals surface area contributed by atoms with Crippen LogP contribution in [0.25, 0.3) is 0 Å². The maximum absolute atomic E-state index is 2.28. The summed E-state index contributed by atoms with van der Waals surface area (Å²) in [6, 6.07) is 0. The van der Waals surface area contributed by atoms with Gasteiger partial charge < -0.3 is 4.90 Å². The second-order valence-electron chi connectivity index (χ2n) is 1.76. The standard InChI is InChI=1S/C5H13ClN/c1-6-4-5-7(2)3/h4-5H2,1-3H3/q+1. The van der Waals surface area contributed by atoms with Crippen molar-refractivity contribution in [2.24, 2.45) is 0 Å². The van der Waals surface area contributed by atoms with E-state index in [-0.39, 0.29) is 0 Å². The Balaban J connectivity index is 2.68. The van der Waals surface area contributed by atoms with Gasteiger partial charge in [-0.25, -0.2) is 0 Å². The number of rotatable bonds is 3. The number of nitrogens with zero attached hydrogens (tertiary/aromatic N) is 1. The van der Waals surface area contributed by atoms with E-state index in [0.717, 1.165) is 0 Å². The van der Waals surface area contributed by atoms with Crippen LogP contribution in [0.2, 0.25) is 0 Å². The molecule has 0 aromatic rings. The third kappa shape index (κ3) is 6.25. The smallest absolute Gasteiger partial charge is 0.184 e. The SMILES string of the molecule is C[Cl+]CCN(C)C. The maximum atomic E-state index is 2.28. The summed E-state index contributed by atoms with van der Waals surface area (Å²) in [6.45, 7) is 1.17. The predicted octanol–water partition coefficient (Wildman–Crippen LogP) is 0.263. The summed E-state index contributed by atoms with van der Waals surface area (Å²) in [5, 5.41) is 0. The van der Waals surface area contributed by atoms with Gasteiger partial charge in [-0.15, -0.1) is 0 Å². The second kappa shape index (κ2) is 4.41. The molecule has 1 nitrogen and oxygen atoms in total. The Kier molecular flexibility index (Phi) is 4.57. The molecule has 0 rings (SSSR count). The molecular weight excluding hydrogens is 110 g/mol. The number of halogens is 1. The summed E-state index contributed by atoms with van der Waals surface area (Å²) >= 11 is 0. The van der Waals surface area contributed by atoms with Gasteiger partial charge in [0, 0.05) is 0 Å². The van der Waals surface area contributed by atoms with Crippen LogP contribution < -0.4 is 0 Å². The zero-order chi connectivity index (χ0) is 5.70. The van der Waals surface area contributed by atoms with Crippen molar-refractivity contribution in [3.63, 3.8) is 0 Å². The quantitative estimate of drug-likeness (QED) is 0.486. The molecule has 2 heteroatoms. The van der Waals surface area contributed by atoms with Gasteiger partial charge in [-0.3, -0.25) is 0 Å². The van der Waals surface area contributed by atoms with Gasteiger partial charge in [0.1, 0.15) is 10.8 Å². The van der Waals surface area contributed by atoms with Crippen molar-refractivity contribution in [2.45, 2.75) is 0 Å². The lowest BCUT2D eigenvalue weighted by Crippen LogP contribution is -2.16. The molecule has 0 saturated heterocycles. The van der Waals surface area contributed by atoms with Crippen molar-refractivity contribution < 1.29 is 10.8 Å². The van der Waals surface area contributed by atoms with Crippen molar-refractivity contribution in [2.75, 3.05) is 32.9 Å². The molecule has 0 atom stereocenters. The van der Waals surface area contributed by atoms with Gasteiger partial charge in [0.05, 0.1) is 6.54 Å². The third-order valence-electron chi connectivity index (χ3n) is 0.721. The average Bonchev–Trinajstić information content (AvgIpc) is 1.61. The largest absolute Gasteiger partial charge is 0.304 e. The first-order chi connectivity index (χ1) is 3.27. The van der Waals surface area contributed by atoms with E-state index in [4.69, 9.17) is 0 Å². The van der Waals surface area contributed by atoms with Crippen LogP contribution >= 0.6 is 0 Å². The first-order valence-corrected chi connectivity index (χ1v) is 3.65. The molecule has 44 valence electrons. The Hall–Kier alpha value is 0.250. The van der Waals surface area contributed by atoms with E-state index in [9.17, 15) is 0 Å². The van der Waals surface area contributed by atoms with Crippen molar-refractivity contribution in [3.8, 4) is 0 Å². The highest BCUT2D eigenvalue weighted by Crippen LogP contribution is 1.72. The summed E-state index contributed by atoms with van der Waals surface area (Å²) in [5.41, 5.74) is 0. The van der Waals surface area contributed by atoms with E-state index in [1.165, 1.54) is 12.4 Å². The van der Waals surface area contributed by atoms with Crippen molar-refractivity contribution in [1.82, 2.24) is 4.90 Å². The van der Waals surface area contributed by atoms with Gasteiger partial charge in [0.2, 0.25) is 0 Å². The van der Waals surface area contributed by atoms with Gasteiger partial charge in [-0.2, -0.15) is 0 Å². The van der Waals surface area contributed by atoms with Crippen LogP contribution in [0.3, 0.4) is 0 Å². The minimum Gasteiger partial charge on any atom is -0.304 e. The molecule has 0 amide bonds. The fourth-order valence-electron chi connectivity index (χ4n) is 0.254. The Morgan fingerprint density at radius 2 is 2.00 bits per heavy atom. The van der Waals surface area contributed by atoms with Crippen LogP contribution in [0.1, 0.15) is 0 Å². The lowest BCUT2D eigenvalue weighted by molar-refractivity contribution is -0.626. The van der Waals surface area contributed by atoms with Gasteiger partial charge >= 0.3 is 0 Å². The van der Waals surface area contributed by atoms with Gasteiger partial charge in [-0.1, -0.05) is 0 Å². The summed E-state index contributed by atoms with van der Waals surface area (Å²) in [6.07, 6.45) is 2.07. The van der Waals surface area contributed by atoms with Crippen molar-refractivity contribution in [1.29, 1.82) is 0 Å². The van der Waals surface area contributed by atoms with E-state index in [2.05, 4.69) is 36.2 Å². The van der Waals surface area contributed by atoms with Crippen LogP contribution in [0.4, 0.5) is 0 Å². The molecule has 0 saturated carbocycles. The highest BCUT2D eigenvalue weighted by Gasteiger charge is 1.94. The van der Waals surface area contributed by atoms with Gasteiger partial charge in [0.25, 0.3) is 0 Å². The molecule has 0 aliphatic rings. The topological polar surface area (TPSA) is 3.24 Å². The highest BCUT2D eigenvalue weighted by molar-refractivity contribution is 4.33. The molecule has 0 heterocycles. The van der Waals surface area contributed by atoms with E-state index >= 15 is 0 Å². The maximum Gasteiger partial charge on any atom is 0.184 e. The van der Waals surface area contributed by atoms with E-state index < -0.39 is 0 Å². The minimum absolute atomic E-state index is 1.17. The highest BCUT2D eigenvalue weighted by atomic mass is 35.5. The van der Waals surface area contributed by atoms with Crippen LogP contribution in [0.5, 0.6) is 0 Å². The second-order valence-corrected chi connectivity index (χ2v) is 2.67.